The molecule has 2 aromatic rings. The van der Waals surface area contributed by atoms with Gasteiger partial charge in [-0.2, -0.15) is 0 Å². The minimum atomic E-state index is -1.09. The van der Waals surface area contributed by atoms with Crippen LogP contribution in [0.3, 0.4) is 0 Å². The van der Waals surface area contributed by atoms with Gasteiger partial charge in [0, 0.05) is 58.7 Å². The molecule has 2 aliphatic rings. The maximum absolute atomic E-state index is 14.6. The smallest absolute Gasteiger partial charge is 0.306 e. The molecule has 2 fully saturated rings. The Balaban J connectivity index is 1.34. The Morgan fingerprint density at radius 3 is 1.83 bits per heavy atom. The van der Waals surface area contributed by atoms with Gasteiger partial charge in [-0.15, -0.1) is 0 Å². The number of rotatable bonds is 36. The van der Waals surface area contributed by atoms with Crippen LogP contribution in [0.1, 0.15) is 151 Å². The van der Waals surface area contributed by atoms with Crippen LogP contribution in [0.2, 0.25) is 0 Å². The Labute approximate surface area is 533 Å². The predicted molar refractivity (Wildman–Crippen MR) is 342 cm³/mol. The van der Waals surface area contributed by atoms with Crippen LogP contribution in [0.5, 0.6) is 0 Å². The van der Waals surface area contributed by atoms with Crippen LogP contribution >= 0.6 is 0 Å². The second-order valence-electron chi connectivity index (χ2n) is 25.9. The van der Waals surface area contributed by atoms with E-state index in [0.29, 0.717) is 69.2 Å². The highest BCUT2D eigenvalue weighted by Crippen LogP contribution is 2.32. The molecule has 0 spiro atoms. The fraction of sp³-hybridized carbons (Fsp3) is 0.672. The first-order valence-corrected chi connectivity index (χ1v) is 32.1. The number of hydrogen-bond acceptors (Lipinski definition) is 14. The lowest BCUT2D eigenvalue weighted by molar-refractivity contribution is -0.148. The van der Waals surface area contributed by atoms with Crippen molar-refractivity contribution in [2.24, 2.45) is 41.4 Å². The van der Waals surface area contributed by atoms with Crippen molar-refractivity contribution >= 4 is 64.7 Å². The maximum atomic E-state index is 14.6. The molecule has 1 saturated carbocycles. The molecule has 23 heteroatoms. The number of carboxylic acid groups (broad SMARTS) is 1. The third-order valence-electron chi connectivity index (χ3n) is 17.9. The highest BCUT2D eigenvalue weighted by Gasteiger charge is 2.44. The van der Waals surface area contributed by atoms with Crippen LogP contribution in [-0.4, -0.2) is 175 Å². The molecule has 1 saturated heterocycles. The van der Waals surface area contributed by atoms with Crippen LogP contribution in [-0.2, 0) is 75.3 Å². The number of hydrogen-bond donors (Lipinski definition) is 7. The van der Waals surface area contributed by atoms with Gasteiger partial charge in [0.05, 0.1) is 55.2 Å². The van der Waals surface area contributed by atoms with Crippen molar-refractivity contribution in [3.05, 3.63) is 65.7 Å². The van der Waals surface area contributed by atoms with Gasteiger partial charge in [0.15, 0.2) is 0 Å². The quantitative estimate of drug-likeness (QED) is 0.0395. The standard InChI is InChI=1S/C67H105N9O14/c1-16-42(8)59(75(13)66(85)57(40(4)5)72-65(84)58(41(6)7)74(11)12)53(88-14)37-55(79)76-35-21-24-51(76)60(89-15)43(9)61(80)70-50(36-45-22-18-17-19-23-45)63(82)73-90-38-46-27-33-49(34-28-46)69-62(81)44(10)68-64(83)56(39(2)3)71-54(78)26-20-25-52(77)47-29-31-48(32-30-47)67(86)87/h17-19,22-23,27-28,33-34,39-44,47-48,50-51,53,56-60H,16,20-21,24-26,29-32,35-38H2,1-15H3,(H,68,83)(H,69,81)(H,70,80)(H,71,78)(H,72,84)(H,73,82)(H,86,87)/t42-,43+,44+,47?,48?,50-,51-,53+,56+,57-,58-,59-,60+/m0/s1. The molecule has 7 N–H and O–H groups in total. The summed E-state index contributed by atoms with van der Waals surface area (Å²) in [5.74, 6) is -6.24. The summed E-state index contributed by atoms with van der Waals surface area (Å²) in [5.41, 5.74) is 4.30. The molecule has 4 rings (SSSR count). The molecule has 0 bridgehead atoms. The second kappa shape index (κ2) is 36.9. The molecule has 2 aromatic carbocycles. The van der Waals surface area contributed by atoms with Gasteiger partial charge in [-0.3, -0.25) is 57.7 Å². The van der Waals surface area contributed by atoms with E-state index in [-0.39, 0.29) is 85.4 Å². The first-order chi connectivity index (χ1) is 42.5. The molecule has 23 nitrogen and oxygen atoms in total. The zero-order chi connectivity index (χ0) is 67.1. The number of methoxy groups -OCH3 is 2. The number of anilines is 1. The van der Waals surface area contributed by atoms with Crippen LogP contribution < -0.4 is 32.1 Å². The SMILES string of the molecule is CC[C@H](C)[C@@H]([C@@H](CC(=O)N1CCC[C@H]1[C@H](OC)[C@@H](C)C(=O)N[C@@H](Cc1ccccc1)C(=O)NOCc1ccc(NC(=O)[C@@H](C)NC(=O)[C@H](NC(=O)CCCC(=O)C2CCC(C(=O)O)CC2)C(C)C)cc1)OC)N(C)C(=O)[C@@H](NC(=O)[C@H](C(C)C)N(C)C)C(C)C. The first kappa shape index (κ1) is 75.6. The van der Waals surface area contributed by atoms with Crippen LogP contribution in [0, 0.1) is 41.4 Å². The Kier molecular flexibility index (Phi) is 31.0. The maximum Gasteiger partial charge on any atom is 0.306 e. The van der Waals surface area contributed by atoms with Crippen LogP contribution in [0.15, 0.2) is 54.6 Å². The Hall–Kier alpha value is -6.82. The van der Waals surface area contributed by atoms with Crippen molar-refractivity contribution in [3.63, 3.8) is 0 Å². The molecule has 1 aliphatic carbocycles. The van der Waals surface area contributed by atoms with Crippen LogP contribution in [0.25, 0.3) is 0 Å². The number of ether oxygens (including phenoxy) is 2. The lowest BCUT2D eigenvalue weighted by atomic mass is 9.79. The monoisotopic (exact) mass is 1260 g/mol. The number of likely N-dealkylation sites (N-methyl/N-ethyl adjacent to an activating group) is 2. The Morgan fingerprint density at radius 2 is 1.28 bits per heavy atom. The summed E-state index contributed by atoms with van der Waals surface area (Å²) in [6.07, 6.45) is 2.94. The summed E-state index contributed by atoms with van der Waals surface area (Å²) in [4.78, 5) is 145. The zero-order valence-electron chi connectivity index (χ0n) is 55.9. The molecule has 0 unspecified atom stereocenters. The number of carbonyl (C=O) groups is 10. The number of Topliss-reactive ketones (excluding diaryl/α,β-unsaturated/α-hetero) is 1. The number of carboxylic acids is 1. The number of nitrogens with one attached hydrogen (secondary N) is 6. The summed E-state index contributed by atoms with van der Waals surface area (Å²) < 4.78 is 12.1. The number of hydroxylamine groups is 1. The Bertz CT molecular complexity index is 2680. The van der Waals surface area contributed by atoms with Gasteiger partial charge in [-0.1, -0.05) is 111 Å². The topological polar surface area (TPSA) is 301 Å². The lowest BCUT2D eigenvalue weighted by Crippen LogP contribution is -2.59. The van der Waals surface area contributed by atoms with Gasteiger partial charge in [-0.05, 0) is 113 Å². The zero-order valence-corrected chi connectivity index (χ0v) is 55.9. The van der Waals surface area contributed by atoms with E-state index >= 15 is 0 Å². The molecule has 0 aromatic heterocycles. The molecule has 1 heterocycles. The van der Waals surface area contributed by atoms with Crippen molar-refractivity contribution in [2.75, 3.05) is 47.2 Å². The number of nitrogens with zero attached hydrogens (tertiary/aromatic N) is 3. The number of amides is 8. The molecule has 11 atom stereocenters. The van der Waals surface area contributed by atoms with Gasteiger partial charge in [0.1, 0.15) is 30.0 Å². The minimum Gasteiger partial charge on any atom is -0.481 e. The van der Waals surface area contributed by atoms with E-state index < -0.39 is 102 Å². The third-order valence-corrected chi connectivity index (χ3v) is 17.9. The molecule has 502 valence electrons. The fourth-order valence-corrected chi connectivity index (χ4v) is 12.4. The van der Waals surface area contributed by atoms with E-state index in [1.54, 1.807) is 61.9 Å². The number of benzene rings is 2. The molecule has 90 heavy (non-hydrogen) atoms. The van der Waals surface area contributed by atoms with Gasteiger partial charge in [0.2, 0.25) is 41.4 Å². The van der Waals surface area contributed by atoms with Crippen molar-refractivity contribution in [2.45, 2.75) is 207 Å². The second-order valence-corrected chi connectivity index (χ2v) is 25.9. The van der Waals surface area contributed by atoms with Gasteiger partial charge >= 0.3 is 5.97 Å². The average molecular weight is 1260 g/mol. The van der Waals surface area contributed by atoms with Crippen molar-refractivity contribution < 1.29 is 67.4 Å². The summed E-state index contributed by atoms with van der Waals surface area (Å²) in [7, 11) is 8.40. The number of ketones is 1. The van der Waals surface area contributed by atoms with Gasteiger partial charge in [-0.25, -0.2) is 5.48 Å². The van der Waals surface area contributed by atoms with E-state index in [9.17, 15) is 53.1 Å². The number of aliphatic carboxylic acids is 1. The molecular weight excluding hydrogens is 1150 g/mol. The van der Waals surface area contributed by atoms with E-state index in [1.165, 1.54) is 21.1 Å². The highest BCUT2D eigenvalue weighted by molar-refractivity contribution is 5.98. The summed E-state index contributed by atoms with van der Waals surface area (Å²) in [5, 5.41) is 23.4. The van der Waals surface area contributed by atoms with Gasteiger partial charge in [0.25, 0.3) is 5.91 Å². The summed E-state index contributed by atoms with van der Waals surface area (Å²) >= 11 is 0. The van der Waals surface area contributed by atoms with E-state index in [1.807, 2.05) is 90.9 Å². The minimum absolute atomic E-state index is 0.000817. The molecule has 8 amide bonds. The lowest BCUT2D eigenvalue weighted by Gasteiger charge is -2.41. The molecule has 0 radical (unpaired) electrons. The third kappa shape index (κ3) is 22.2. The Morgan fingerprint density at radius 1 is 0.656 bits per heavy atom. The highest BCUT2D eigenvalue weighted by atomic mass is 16.7. The first-order valence-electron chi connectivity index (χ1n) is 32.1. The summed E-state index contributed by atoms with van der Waals surface area (Å²) in [6, 6.07) is 10.5. The van der Waals surface area contributed by atoms with Gasteiger partial charge < -0.3 is 51.0 Å². The van der Waals surface area contributed by atoms with Crippen molar-refractivity contribution in [3.8, 4) is 0 Å². The van der Waals surface area contributed by atoms with Crippen LogP contribution in [0.4, 0.5) is 5.69 Å². The summed E-state index contributed by atoms with van der Waals surface area (Å²) in [6.45, 7) is 18.8. The van der Waals surface area contributed by atoms with E-state index in [0.717, 1.165) is 5.56 Å². The number of likely N-dealkylation sites (tertiary alicyclic amines) is 1. The predicted octanol–water partition coefficient (Wildman–Crippen LogP) is 5.82. The molecular formula is C67H105N9O14. The van der Waals surface area contributed by atoms with Crippen molar-refractivity contribution in [1.29, 1.82) is 0 Å². The fourth-order valence-electron chi connectivity index (χ4n) is 12.4. The largest absolute Gasteiger partial charge is 0.481 e. The average Bonchev–Trinajstić information content (AvgIpc) is 1.79. The van der Waals surface area contributed by atoms with E-state index in [4.69, 9.17) is 14.3 Å². The number of carbonyl (C=O) groups excluding carboxylic acids is 9. The van der Waals surface area contributed by atoms with E-state index in [2.05, 4.69) is 32.1 Å². The molecule has 1 aliphatic heterocycles. The normalized spacial score (nSPS) is 19.3. The van der Waals surface area contributed by atoms with Crippen molar-refractivity contribution in [1.82, 2.24) is 41.4 Å².